The Morgan fingerprint density at radius 1 is 1.56 bits per heavy atom. The predicted molar refractivity (Wildman–Crippen MR) is 42.6 cm³/mol. The Morgan fingerprint density at radius 3 is 3.00 bits per heavy atom. The molecule has 0 aliphatic carbocycles. The molecule has 0 nitrogen and oxygen atoms in total. The maximum atomic E-state index is 4.69. The van der Waals surface area contributed by atoms with Gasteiger partial charge >= 0.3 is 0 Å². The molecule has 0 unspecified atom stereocenters. The van der Waals surface area contributed by atoms with Crippen molar-refractivity contribution in [2.45, 2.75) is 6.42 Å². The van der Waals surface area contributed by atoms with Gasteiger partial charge in [0.1, 0.15) is 0 Å². The van der Waals surface area contributed by atoms with Gasteiger partial charge in [-0.1, -0.05) is 36.5 Å². The molecule has 0 aliphatic rings. The molecule has 1 rings (SSSR count). The van der Waals surface area contributed by atoms with E-state index in [0.29, 0.717) is 0 Å². The smallest absolute Gasteiger partial charge is 0.00139 e. The zero-order valence-electron chi connectivity index (χ0n) is 5.00. The van der Waals surface area contributed by atoms with Gasteiger partial charge in [0.2, 0.25) is 0 Å². The molecule has 1 aromatic carbocycles. The van der Waals surface area contributed by atoms with Crippen LogP contribution in [0.2, 0.25) is 0 Å². The molecule has 0 atom stereocenters. The van der Waals surface area contributed by atoms with E-state index in [9.17, 15) is 0 Å². The fourth-order valence-electron chi connectivity index (χ4n) is 0.647. The molecule has 0 amide bonds. The quantitative estimate of drug-likeness (QED) is 0.559. The molecule has 0 saturated carbocycles. The number of rotatable bonds is 2. The third kappa shape index (κ3) is 1.94. The van der Waals surface area contributed by atoms with Crippen LogP contribution in [0.25, 0.3) is 0 Å². The van der Waals surface area contributed by atoms with E-state index in [0.717, 1.165) is 12.0 Å². The second kappa shape index (κ2) is 3.36. The van der Waals surface area contributed by atoms with Crippen LogP contribution in [0.4, 0.5) is 0 Å². The van der Waals surface area contributed by atoms with Crippen molar-refractivity contribution in [2.24, 2.45) is 0 Å². The first-order valence-corrected chi connectivity index (χ1v) is 3.30. The maximum Gasteiger partial charge on any atom is 0.00139 e. The van der Waals surface area contributed by atoms with Crippen LogP contribution in [0, 0.1) is 6.07 Å². The van der Waals surface area contributed by atoms with Gasteiger partial charge in [0, 0.05) is 6.42 Å². The second-order valence-electron chi connectivity index (χ2n) is 1.76. The zero-order chi connectivity index (χ0) is 6.53. The van der Waals surface area contributed by atoms with Crippen molar-refractivity contribution in [1.29, 1.82) is 0 Å². The third-order valence-electron chi connectivity index (χ3n) is 1.08. The van der Waals surface area contributed by atoms with Gasteiger partial charge in [-0.05, 0) is 17.0 Å². The van der Waals surface area contributed by atoms with Gasteiger partial charge in [0.25, 0.3) is 0 Å². The summed E-state index contributed by atoms with van der Waals surface area (Å²) in [5.41, 5.74) is 1.16. The number of hydrogen-bond acceptors (Lipinski definition) is 1. The van der Waals surface area contributed by atoms with Crippen LogP contribution in [-0.2, 0) is 6.42 Å². The predicted octanol–water partition coefficient (Wildman–Crippen LogP) is 2.03. The first kappa shape index (κ1) is 6.43. The lowest BCUT2D eigenvalue weighted by Crippen LogP contribution is -1.81. The van der Waals surface area contributed by atoms with E-state index in [1.54, 1.807) is 5.37 Å². The molecule has 1 radical (unpaired) electrons. The van der Waals surface area contributed by atoms with Crippen LogP contribution in [0.15, 0.2) is 24.3 Å². The molecule has 0 heterocycles. The molecule has 0 saturated heterocycles. The summed E-state index contributed by atoms with van der Waals surface area (Å²) in [5, 5.41) is 1.71. The van der Waals surface area contributed by atoms with Gasteiger partial charge in [-0.25, -0.2) is 0 Å². The van der Waals surface area contributed by atoms with Crippen molar-refractivity contribution in [3.05, 3.63) is 35.9 Å². The zero-order valence-corrected chi connectivity index (χ0v) is 5.82. The fourth-order valence-corrected chi connectivity index (χ4v) is 0.827. The molecular formula is C8H7S. The lowest BCUT2D eigenvalue weighted by molar-refractivity contribution is 1.37. The number of thiocarbonyl (C=S) groups is 1. The topological polar surface area (TPSA) is 0 Å². The average Bonchev–Trinajstić information content (AvgIpc) is 1.91. The molecule has 0 fully saturated rings. The van der Waals surface area contributed by atoms with Gasteiger partial charge < -0.3 is 0 Å². The molecule has 0 N–H and O–H groups in total. The Morgan fingerprint density at radius 2 is 2.44 bits per heavy atom. The van der Waals surface area contributed by atoms with Gasteiger partial charge in [-0.3, -0.25) is 0 Å². The van der Waals surface area contributed by atoms with Gasteiger partial charge in [0.05, 0.1) is 0 Å². The third-order valence-corrected chi connectivity index (χ3v) is 1.24. The van der Waals surface area contributed by atoms with Crippen molar-refractivity contribution < 1.29 is 0 Å². The van der Waals surface area contributed by atoms with Crippen LogP contribution in [-0.4, -0.2) is 5.37 Å². The summed E-state index contributed by atoms with van der Waals surface area (Å²) in [5.74, 6) is 0. The van der Waals surface area contributed by atoms with Crippen molar-refractivity contribution in [2.75, 3.05) is 0 Å². The molecule has 45 valence electrons. The van der Waals surface area contributed by atoms with Gasteiger partial charge in [-0.2, -0.15) is 0 Å². The van der Waals surface area contributed by atoms with Crippen molar-refractivity contribution in [1.82, 2.24) is 0 Å². The van der Waals surface area contributed by atoms with Crippen molar-refractivity contribution in [3.8, 4) is 0 Å². The molecular weight excluding hydrogens is 128 g/mol. The minimum atomic E-state index is 0.843. The molecule has 1 heteroatoms. The Hall–Kier alpha value is -0.690. The summed E-state index contributed by atoms with van der Waals surface area (Å²) < 4.78 is 0. The van der Waals surface area contributed by atoms with Crippen LogP contribution in [0.3, 0.4) is 0 Å². The minimum absolute atomic E-state index is 0.843. The summed E-state index contributed by atoms with van der Waals surface area (Å²) in [6.07, 6.45) is 0.843. The van der Waals surface area contributed by atoms with E-state index in [1.165, 1.54) is 0 Å². The Kier molecular flexibility index (Phi) is 2.40. The highest BCUT2D eigenvalue weighted by Gasteiger charge is 1.83. The first-order valence-electron chi connectivity index (χ1n) is 2.82. The van der Waals surface area contributed by atoms with Gasteiger partial charge in [-0.15, -0.1) is 0 Å². The van der Waals surface area contributed by atoms with E-state index in [-0.39, 0.29) is 0 Å². The first-order chi connectivity index (χ1) is 4.43. The SMILES string of the molecule is S=CCc1[c]cccc1. The summed E-state index contributed by atoms with van der Waals surface area (Å²) in [6, 6.07) is 10.9. The standard InChI is InChI=1S/C8H7S/c9-7-6-8-4-2-1-3-5-8/h1-4,7H,6H2. The number of hydrogen-bond donors (Lipinski definition) is 0. The lowest BCUT2D eigenvalue weighted by atomic mass is 10.2. The van der Waals surface area contributed by atoms with E-state index < -0.39 is 0 Å². The van der Waals surface area contributed by atoms with E-state index in [2.05, 4.69) is 18.3 Å². The number of benzene rings is 1. The lowest BCUT2D eigenvalue weighted by Gasteiger charge is -1.89. The Balaban J connectivity index is 2.72. The van der Waals surface area contributed by atoms with Crippen molar-refractivity contribution in [3.63, 3.8) is 0 Å². The van der Waals surface area contributed by atoms with Crippen LogP contribution < -0.4 is 0 Å². The molecule has 0 aromatic heterocycles. The van der Waals surface area contributed by atoms with Gasteiger partial charge in [0.15, 0.2) is 0 Å². The Bertz CT molecular complexity index is 179. The van der Waals surface area contributed by atoms with Crippen LogP contribution in [0.1, 0.15) is 5.56 Å². The molecule has 9 heavy (non-hydrogen) atoms. The van der Waals surface area contributed by atoms with Crippen LogP contribution >= 0.6 is 12.2 Å². The minimum Gasteiger partial charge on any atom is -0.0931 e. The summed E-state index contributed by atoms with van der Waals surface area (Å²) >= 11 is 4.69. The monoisotopic (exact) mass is 135 g/mol. The highest BCUT2D eigenvalue weighted by Crippen LogP contribution is 1.95. The highest BCUT2D eigenvalue weighted by molar-refractivity contribution is 7.78. The fraction of sp³-hybridized carbons (Fsp3) is 0.125. The van der Waals surface area contributed by atoms with E-state index in [1.807, 2.05) is 24.3 Å². The molecule has 0 bridgehead atoms. The molecule has 0 spiro atoms. The average molecular weight is 135 g/mol. The van der Waals surface area contributed by atoms with Crippen LogP contribution in [0.5, 0.6) is 0 Å². The summed E-state index contributed by atoms with van der Waals surface area (Å²) in [7, 11) is 0. The maximum absolute atomic E-state index is 4.69. The summed E-state index contributed by atoms with van der Waals surface area (Å²) in [4.78, 5) is 0. The van der Waals surface area contributed by atoms with Crippen molar-refractivity contribution >= 4 is 17.6 Å². The molecule has 0 aliphatic heterocycles. The summed E-state index contributed by atoms with van der Waals surface area (Å²) in [6.45, 7) is 0. The van der Waals surface area contributed by atoms with E-state index in [4.69, 9.17) is 0 Å². The van der Waals surface area contributed by atoms with E-state index >= 15 is 0 Å². The highest BCUT2D eigenvalue weighted by atomic mass is 32.1. The second-order valence-corrected chi connectivity index (χ2v) is 2.09. The normalized spacial score (nSPS) is 8.89. The molecule has 1 aromatic rings. The largest absolute Gasteiger partial charge is 0.0931 e. The Labute approximate surface area is 60.5 Å².